The van der Waals surface area contributed by atoms with E-state index in [2.05, 4.69) is 37.2 Å². The zero-order valence-electron chi connectivity index (χ0n) is 17.2. The number of methoxy groups -OCH3 is 1. The first-order valence-electron chi connectivity index (χ1n) is 10.6. The van der Waals surface area contributed by atoms with Gasteiger partial charge in [0.1, 0.15) is 5.75 Å². The highest BCUT2D eigenvalue weighted by molar-refractivity contribution is 9.12. The van der Waals surface area contributed by atoms with E-state index in [4.69, 9.17) is 16.3 Å². The van der Waals surface area contributed by atoms with Crippen LogP contribution in [0.2, 0.25) is 5.02 Å². The molecular formula is C22H25Br2ClN2O4. The van der Waals surface area contributed by atoms with Gasteiger partial charge in [0, 0.05) is 27.6 Å². The number of benzene rings is 1. The average Bonchev–Trinajstić information content (AvgIpc) is 3.34. The topological polar surface area (TPSA) is 75.7 Å². The Morgan fingerprint density at radius 1 is 1.13 bits per heavy atom. The number of rotatable bonds is 8. The monoisotopic (exact) mass is 574 g/mol. The number of unbranched alkanes of at least 4 members (excludes halogenated alkanes) is 2. The van der Waals surface area contributed by atoms with Crippen molar-refractivity contribution in [2.75, 3.05) is 19.0 Å². The Bertz CT molecular complexity index is 866. The van der Waals surface area contributed by atoms with Crippen molar-refractivity contribution in [2.24, 2.45) is 23.7 Å². The first-order chi connectivity index (χ1) is 14.8. The standard InChI is InChI=1S/C22H25Br2ClN2O4/c1-31-15-7-6-11(25)9-14(15)26-16(28)5-3-2-4-8-27-21(29)17-12-10-13(18(17)22(27)30)20(24)19(12)23/h6-7,9,12-13,17-20H,2-5,8,10H2,1H3,(H,26,28)/t12-,13+,17-,18-,19+,20+/m0/s1. The van der Waals surface area contributed by atoms with Gasteiger partial charge in [0.15, 0.2) is 0 Å². The summed E-state index contributed by atoms with van der Waals surface area (Å²) in [5.41, 5.74) is 0.546. The van der Waals surface area contributed by atoms with E-state index in [1.54, 1.807) is 18.2 Å². The summed E-state index contributed by atoms with van der Waals surface area (Å²) in [4.78, 5) is 40.0. The number of nitrogens with one attached hydrogen (secondary N) is 1. The predicted octanol–water partition coefficient (Wildman–Crippen LogP) is 4.63. The van der Waals surface area contributed by atoms with Crippen molar-refractivity contribution in [3.05, 3.63) is 23.2 Å². The highest BCUT2D eigenvalue weighted by atomic mass is 79.9. The Morgan fingerprint density at radius 3 is 2.39 bits per heavy atom. The molecule has 31 heavy (non-hydrogen) atoms. The average molecular weight is 577 g/mol. The van der Waals surface area contributed by atoms with E-state index in [0.29, 0.717) is 42.3 Å². The van der Waals surface area contributed by atoms with Gasteiger partial charge in [-0.1, -0.05) is 49.9 Å². The maximum atomic E-state index is 12.9. The summed E-state index contributed by atoms with van der Waals surface area (Å²) in [6.07, 6.45) is 3.44. The van der Waals surface area contributed by atoms with Crippen molar-refractivity contribution < 1.29 is 19.1 Å². The van der Waals surface area contributed by atoms with Crippen LogP contribution in [0.25, 0.3) is 0 Å². The Kier molecular flexibility index (Phi) is 6.99. The minimum atomic E-state index is -0.158. The first-order valence-corrected chi connectivity index (χ1v) is 12.8. The number of halogens is 3. The lowest BCUT2D eigenvalue weighted by Crippen LogP contribution is -2.37. The molecule has 1 aromatic rings. The molecule has 6 atom stereocenters. The molecule has 6 nitrogen and oxygen atoms in total. The van der Waals surface area contributed by atoms with Gasteiger partial charge in [-0.25, -0.2) is 0 Å². The van der Waals surface area contributed by atoms with Crippen molar-refractivity contribution >= 4 is 66.9 Å². The minimum Gasteiger partial charge on any atom is -0.495 e. The molecule has 3 aliphatic rings. The third-order valence-corrected chi connectivity index (χ3v) is 10.2. The van der Waals surface area contributed by atoms with E-state index in [9.17, 15) is 14.4 Å². The number of nitrogens with zero attached hydrogens (tertiary/aromatic N) is 1. The highest BCUT2D eigenvalue weighted by Gasteiger charge is 2.66. The van der Waals surface area contributed by atoms with Crippen LogP contribution in [0.3, 0.4) is 0 Å². The molecule has 2 saturated carbocycles. The molecule has 0 spiro atoms. The summed E-state index contributed by atoms with van der Waals surface area (Å²) in [5, 5.41) is 3.34. The van der Waals surface area contributed by atoms with Gasteiger partial charge in [0.05, 0.1) is 24.6 Å². The van der Waals surface area contributed by atoms with Crippen LogP contribution in [0.5, 0.6) is 5.75 Å². The minimum absolute atomic E-state index is 0.00264. The fourth-order valence-electron chi connectivity index (χ4n) is 5.35. The number of imide groups is 1. The summed E-state index contributed by atoms with van der Waals surface area (Å²) in [5.74, 6) is 0.602. The maximum Gasteiger partial charge on any atom is 0.233 e. The van der Waals surface area contributed by atoms with Crippen LogP contribution in [0.4, 0.5) is 5.69 Å². The van der Waals surface area contributed by atoms with E-state index in [0.717, 1.165) is 12.8 Å². The Hall–Kier alpha value is -1.12. The Morgan fingerprint density at radius 2 is 1.77 bits per heavy atom. The van der Waals surface area contributed by atoms with Crippen molar-refractivity contribution in [3.63, 3.8) is 0 Å². The van der Waals surface area contributed by atoms with Gasteiger partial charge in [-0.05, 0) is 49.3 Å². The number of hydrogen-bond donors (Lipinski definition) is 1. The number of ether oxygens (including phenoxy) is 1. The highest BCUT2D eigenvalue weighted by Crippen LogP contribution is 2.60. The van der Waals surface area contributed by atoms with E-state index in [-0.39, 0.29) is 51.0 Å². The number of carbonyl (C=O) groups excluding carboxylic acids is 3. The van der Waals surface area contributed by atoms with Crippen molar-refractivity contribution in [1.82, 2.24) is 4.90 Å². The second kappa shape index (κ2) is 9.40. The van der Waals surface area contributed by atoms with Crippen molar-refractivity contribution in [2.45, 2.75) is 41.8 Å². The van der Waals surface area contributed by atoms with Gasteiger partial charge in [0.25, 0.3) is 0 Å². The third-order valence-electron chi connectivity index (χ3n) is 6.80. The molecule has 1 heterocycles. The third kappa shape index (κ3) is 4.27. The lowest BCUT2D eigenvalue weighted by atomic mass is 9.81. The van der Waals surface area contributed by atoms with Crippen LogP contribution in [0.1, 0.15) is 32.1 Å². The number of amides is 3. The first kappa shape index (κ1) is 23.1. The van der Waals surface area contributed by atoms with E-state index < -0.39 is 0 Å². The molecule has 2 bridgehead atoms. The van der Waals surface area contributed by atoms with E-state index in [1.807, 2.05) is 0 Å². The molecule has 168 valence electrons. The number of hydrogen-bond acceptors (Lipinski definition) is 4. The quantitative estimate of drug-likeness (QED) is 0.278. The van der Waals surface area contributed by atoms with Gasteiger partial charge in [-0.3, -0.25) is 19.3 Å². The van der Waals surface area contributed by atoms with Crippen LogP contribution < -0.4 is 10.1 Å². The summed E-state index contributed by atoms with van der Waals surface area (Å²) >= 11 is 13.4. The lowest BCUT2D eigenvalue weighted by molar-refractivity contribution is -0.140. The van der Waals surface area contributed by atoms with Crippen LogP contribution in [0, 0.1) is 23.7 Å². The molecule has 1 N–H and O–H groups in total. The largest absolute Gasteiger partial charge is 0.495 e. The zero-order valence-corrected chi connectivity index (χ0v) is 21.1. The fourth-order valence-corrected chi connectivity index (χ4v) is 7.40. The van der Waals surface area contributed by atoms with Gasteiger partial charge in [-0.15, -0.1) is 0 Å². The molecule has 1 aromatic carbocycles. The number of likely N-dealkylation sites (tertiary alicyclic amines) is 1. The van der Waals surface area contributed by atoms with Crippen molar-refractivity contribution in [3.8, 4) is 5.75 Å². The van der Waals surface area contributed by atoms with Crippen LogP contribution in [-0.4, -0.2) is 45.9 Å². The molecule has 3 amide bonds. The fraction of sp³-hybridized carbons (Fsp3) is 0.591. The summed E-state index contributed by atoms with van der Waals surface area (Å²) in [7, 11) is 1.54. The number of carbonyl (C=O) groups is 3. The van der Waals surface area contributed by atoms with E-state index in [1.165, 1.54) is 12.0 Å². The molecule has 9 heteroatoms. The molecule has 0 radical (unpaired) electrons. The molecule has 1 saturated heterocycles. The molecule has 3 fully saturated rings. The molecule has 2 aliphatic carbocycles. The summed E-state index contributed by atoms with van der Waals surface area (Å²) in [6, 6.07) is 5.06. The second-order valence-electron chi connectivity index (χ2n) is 8.54. The van der Waals surface area contributed by atoms with Crippen LogP contribution in [-0.2, 0) is 14.4 Å². The van der Waals surface area contributed by atoms with Crippen LogP contribution >= 0.6 is 43.5 Å². The molecule has 1 aliphatic heterocycles. The lowest BCUT2D eigenvalue weighted by Gasteiger charge is -2.28. The predicted molar refractivity (Wildman–Crippen MR) is 126 cm³/mol. The summed E-state index contributed by atoms with van der Waals surface area (Å²) in [6.45, 7) is 0.438. The smallest absolute Gasteiger partial charge is 0.233 e. The number of anilines is 1. The molecule has 4 rings (SSSR count). The van der Waals surface area contributed by atoms with Crippen LogP contribution in [0.15, 0.2) is 18.2 Å². The van der Waals surface area contributed by atoms with Crippen molar-refractivity contribution in [1.29, 1.82) is 0 Å². The maximum absolute atomic E-state index is 12.9. The zero-order chi connectivity index (χ0) is 22.3. The molecule has 0 aromatic heterocycles. The SMILES string of the molecule is COc1ccc(Cl)cc1NC(=O)CCCCCN1C(=O)[C@H]2[C@@H]3C[C@@H]([C@@H](Br)[C@@H]3Br)[C@@H]2C1=O. The van der Waals surface area contributed by atoms with E-state index >= 15 is 0 Å². The molecular weight excluding hydrogens is 552 g/mol. The number of fused-ring (bicyclic) bond motifs is 5. The Balaban J connectivity index is 1.22. The van der Waals surface area contributed by atoms with Gasteiger partial charge in [-0.2, -0.15) is 0 Å². The second-order valence-corrected chi connectivity index (χ2v) is 11.1. The summed E-state index contributed by atoms with van der Waals surface area (Å²) < 4.78 is 5.24. The number of alkyl halides is 2. The van der Waals surface area contributed by atoms with Gasteiger partial charge < -0.3 is 10.1 Å². The molecule has 0 unspecified atom stereocenters. The Labute approximate surface area is 203 Å². The van der Waals surface area contributed by atoms with Gasteiger partial charge in [0.2, 0.25) is 17.7 Å². The van der Waals surface area contributed by atoms with Gasteiger partial charge >= 0.3 is 0 Å². The normalized spacial score (nSPS) is 31.3.